The van der Waals surface area contributed by atoms with E-state index in [-0.39, 0.29) is 0 Å². The molecule has 0 aliphatic heterocycles. The van der Waals surface area contributed by atoms with Gasteiger partial charge in [-0.05, 0) is 50.2 Å². The number of nitrogens with one attached hydrogen (secondary N) is 1. The van der Waals surface area contributed by atoms with E-state index in [0.717, 1.165) is 12.0 Å². The molecule has 1 aromatic rings. The van der Waals surface area contributed by atoms with E-state index in [0.29, 0.717) is 16.9 Å². The summed E-state index contributed by atoms with van der Waals surface area (Å²) in [5, 5.41) is 0. The molecule has 0 heterocycles. The van der Waals surface area contributed by atoms with Gasteiger partial charge in [-0.3, -0.25) is 0 Å². The Morgan fingerprint density at radius 2 is 1.79 bits per heavy atom. The average molecular weight is 281 g/mol. The smallest absolute Gasteiger partial charge is 0.211 e. The monoisotopic (exact) mass is 281 g/mol. The number of hydrogen-bond donors (Lipinski definition) is 1. The van der Waals surface area contributed by atoms with E-state index in [1.807, 2.05) is 19.1 Å². The van der Waals surface area contributed by atoms with E-state index >= 15 is 0 Å². The Hall–Kier alpha value is -0.870. The molecule has 0 aromatic heterocycles. The molecule has 3 nitrogen and oxygen atoms in total. The first kappa shape index (κ1) is 14.5. The number of hydrogen-bond acceptors (Lipinski definition) is 2. The van der Waals surface area contributed by atoms with Crippen molar-refractivity contribution in [3.05, 3.63) is 29.8 Å². The molecule has 19 heavy (non-hydrogen) atoms. The summed E-state index contributed by atoms with van der Waals surface area (Å²) in [6.45, 7) is 4.69. The fourth-order valence-electron chi connectivity index (χ4n) is 2.58. The van der Waals surface area contributed by atoms with Crippen LogP contribution in [0.3, 0.4) is 0 Å². The van der Waals surface area contributed by atoms with Crippen LogP contribution in [0.2, 0.25) is 0 Å². The summed E-state index contributed by atoms with van der Waals surface area (Å²) < 4.78 is 26.9. The second-order valence-corrected chi connectivity index (χ2v) is 7.48. The Kier molecular flexibility index (Phi) is 4.31. The third-order valence-electron chi connectivity index (χ3n) is 4.02. The van der Waals surface area contributed by atoms with Crippen molar-refractivity contribution in [2.45, 2.75) is 50.8 Å². The van der Waals surface area contributed by atoms with Gasteiger partial charge in [0.1, 0.15) is 0 Å². The van der Waals surface area contributed by atoms with Crippen molar-refractivity contribution in [3.63, 3.8) is 0 Å². The van der Waals surface area contributed by atoms with E-state index in [2.05, 4.69) is 11.6 Å². The van der Waals surface area contributed by atoms with Gasteiger partial charge < -0.3 is 0 Å². The van der Waals surface area contributed by atoms with Gasteiger partial charge in [0.15, 0.2) is 0 Å². The predicted octanol–water partition coefficient (Wildman–Crippen LogP) is 3.24. The second kappa shape index (κ2) is 5.63. The van der Waals surface area contributed by atoms with Gasteiger partial charge in [0, 0.05) is 6.54 Å². The lowest BCUT2D eigenvalue weighted by atomic mass is 9.97. The van der Waals surface area contributed by atoms with Crippen molar-refractivity contribution in [3.8, 4) is 0 Å². The minimum atomic E-state index is -3.34. The van der Waals surface area contributed by atoms with Gasteiger partial charge in [0.05, 0.1) is 4.90 Å². The van der Waals surface area contributed by atoms with Crippen LogP contribution in [0.1, 0.15) is 44.6 Å². The highest BCUT2D eigenvalue weighted by Gasteiger charge is 2.40. The number of sulfonamides is 1. The van der Waals surface area contributed by atoms with Crippen molar-refractivity contribution < 1.29 is 8.42 Å². The maximum Gasteiger partial charge on any atom is 0.240 e. The van der Waals surface area contributed by atoms with Gasteiger partial charge in [0.2, 0.25) is 10.0 Å². The van der Waals surface area contributed by atoms with Gasteiger partial charge >= 0.3 is 0 Å². The molecule has 0 saturated heterocycles. The molecule has 1 fully saturated rings. The molecule has 0 amide bonds. The maximum absolute atomic E-state index is 12.1. The molecular formula is C15H23NO2S. The summed E-state index contributed by atoms with van der Waals surface area (Å²) in [6.07, 6.45) is 5.89. The lowest BCUT2D eigenvalue weighted by molar-refractivity contribution is 0.422. The summed E-state index contributed by atoms with van der Waals surface area (Å²) in [5.74, 6) is 0. The molecule has 1 saturated carbocycles. The summed E-state index contributed by atoms with van der Waals surface area (Å²) >= 11 is 0. The quantitative estimate of drug-likeness (QED) is 0.834. The number of aryl methyl sites for hydroxylation is 1. The Balaban J connectivity index is 1.90. The zero-order valence-electron chi connectivity index (χ0n) is 11.8. The van der Waals surface area contributed by atoms with Gasteiger partial charge in [0.25, 0.3) is 0 Å². The zero-order valence-corrected chi connectivity index (χ0v) is 12.6. The summed E-state index contributed by atoms with van der Waals surface area (Å²) in [4.78, 5) is 0.360. The highest BCUT2D eigenvalue weighted by molar-refractivity contribution is 7.89. The van der Waals surface area contributed by atoms with Crippen LogP contribution >= 0.6 is 0 Å². The van der Waals surface area contributed by atoms with Crippen LogP contribution in [-0.4, -0.2) is 15.0 Å². The van der Waals surface area contributed by atoms with Crippen LogP contribution in [0.5, 0.6) is 0 Å². The minimum absolute atomic E-state index is 0.360. The van der Waals surface area contributed by atoms with Crippen molar-refractivity contribution >= 4 is 10.0 Å². The summed E-state index contributed by atoms with van der Waals surface area (Å²) in [7, 11) is -3.34. The third-order valence-corrected chi connectivity index (χ3v) is 5.49. The van der Waals surface area contributed by atoms with Crippen LogP contribution in [0, 0.1) is 12.3 Å². The standard InChI is InChI=1S/C15H23NO2S/c1-3-8-15(9-10-15)11-12-16-19(17,18)14-6-4-13(2)5-7-14/h4-7,16H,3,8-12H2,1-2H3. The van der Waals surface area contributed by atoms with Gasteiger partial charge in [-0.25, -0.2) is 13.1 Å². The maximum atomic E-state index is 12.1. The average Bonchev–Trinajstić information content (AvgIpc) is 3.10. The van der Waals surface area contributed by atoms with Crippen LogP contribution in [-0.2, 0) is 10.0 Å². The van der Waals surface area contributed by atoms with Gasteiger partial charge in [-0.15, -0.1) is 0 Å². The topological polar surface area (TPSA) is 46.2 Å². The highest BCUT2D eigenvalue weighted by Crippen LogP contribution is 2.52. The van der Waals surface area contributed by atoms with Crippen molar-refractivity contribution in [2.75, 3.05) is 6.54 Å². The zero-order chi connectivity index (χ0) is 13.9. The van der Waals surface area contributed by atoms with Crippen LogP contribution in [0.25, 0.3) is 0 Å². The Morgan fingerprint density at radius 3 is 2.32 bits per heavy atom. The molecule has 0 spiro atoms. The minimum Gasteiger partial charge on any atom is -0.211 e. The fourth-order valence-corrected chi connectivity index (χ4v) is 3.62. The molecule has 2 rings (SSSR count). The fraction of sp³-hybridized carbons (Fsp3) is 0.600. The predicted molar refractivity (Wildman–Crippen MR) is 77.6 cm³/mol. The Morgan fingerprint density at radius 1 is 1.16 bits per heavy atom. The first-order valence-corrected chi connectivity index (χ1v) is 8.52. The van der Waals surface area contributed by atoms with Crippen LogP contribution < -0.4 is 4.72 Å². The largest absolute Gasteiger partial charge is 0.240 e. The number of rotatable bonds is 7. The number of benzene rings is 1. The Bertz CT molecular complexity index is 516. The molecule has 1 N–H and O–H groups in total. The SMILES string of the molecule is CCCC1(CCNS(=O)(=O)c2ccc(C)cc2)CC1. The molecule has 1 aliphatic rings. The van der Waals surface area contributed by atoms with E-state index in [4.69, 9.17) is 0 Å². The van der Waals surface area contributed by atoms with Gasteiger partial charge in [-0.1, -0.05) is 31.0 Å². The van der Waals surface area contributed by atoms with Gasteiger partial charge in [-0.2, -0.15) is 0 Å². The first-order valence-electron chi connectivity index (χ1n) is 7.04. The molecule has 0 radical (unpaired) electrons. The third kappa shape index (κ3) is 3.80. The first-order chi connectivity index (χ1) is 8.97. The van der Waals surface area contributed by atoms with E-state index in [1.54, 1.807) is 12.1 Å². The molecule has 1 aromatic carbocycles. The summed E-state index contributed by atoms with van der Waals surface area (Å²) in [5.41, 5.74) is 1.50. The highest BCUT2D eigenvalue weighted by atomic mass is 32.2. The van der Waals surface area contributed by atoms with Crippen LogP contribution in [0.4, 0.5) is 0 Å². The van der Waals surface area contributed by atoms with E-state index < -0.39 is 10.0 Å². The summed E-state index contributed by atoms with van der Waals surface area (Å²) in [6, 6.07) is 6.98. The second-order valence-electron chi connectivity index (χ2n) is 5.71. The van der Waals surface area contributed by atoms with E-state index in [9.17, 15) is 8.42 Å². The molecule has 4 heteroatoms. The molecule has 106 valence electrons. The molecular weight excluding hydrogens is 258 g/mol. The normalized spacial score (nSPS) is 17.4. The van der Waals surface area contributed by atoms with Crippen LogP contribution in [0.15, 0.2) is 29.2 Å². The van der Waals surface area contributed by atoms with Crippen molar-refractivity contribution in [1.82, 2.24) is 4.72 Å². The molecule has 0 atom stereocenters. The molecule has 0 bridgehead atoms. The lowest BCUT2D eigenvalue weighted by Crippen LogP contribution is -2.26. The lowest BCUT2D eigenvalue weighted by Gasteiger charge is -2.14. The van der Waals surface area contributed by atoms with Crippen molar-refractivity contribution in [1.29, 1.82) is 0 Å². The Labute approximate surface area is 116 Å². The molecule has 1 aliphatic carbocycles. The van der Waals surface area contributed by atoms with Crippen molar-refractivity contribution in [2.24, 2.45) is 5.41 Å². The molecule has 0 unspecified atom stereocenters. The van der Waals surface area contributed by atoms with E-state index in [1.165, 1.54) is 25.7 Å².